The Labute approximate surface area is 155 Å². The molecule has 0 unspecified atom stereocenters. The Balaban J connectivity index is 1.94. The summed E-state index contributed by atoms with van der Waals surface area (Å²) in [7, 11) is 1.97. The van der Waals surface area contributed by atoms with Gasteiger partial charge in [0.05, 0.1) is 5.69 Å². The van der Waals surface area contributed by atoms with Crippen molar-refractivity contribution in [1.29, 1.82) is 5.26 Å². The van der Waals surface area contributed by atoms with Crippen molar-refractivity contribution in [2.75, 3.05) is 18.0 Å². The lowest BCUT2D eigenvalue weighted by Crippen LogP contribution is -2.31. The summed E-state index contributed by atoms with van der Waals surface area (Å²) < 4.78 is 1.90. The van der Waals surface area contributed by atoms with Crippen LogP contribution in [0.3, 0.4) is 0 Å². The molecular weight excluding hydrogens is 322 g/mol. The number of nitrogens with zero attached hydrogens (tertiary/aromatic N) is 5. The summed E-state index contributed by atoms with van der Waals surface area (Å²) in [6.45, 7) is 2.01. The molecule has 0 N–H and O–H groups in total. The van der Waals surface area contributed by atoms with Crippen molar-refractivity contribution in [2.24, 2.45) is 7.05 Å². The normalized spacial score (nSPS) is 17.9. The molecule has 2 aliphatic rings. The first-order chi connectivity index (χ1) is 12.8. The van der Waals surface area contributed by atoms with Gasteiger partial charge >= 0.3 is 0 Å². The molecule has 0 bridgehead atoms. The van der Waals surface area contributed by atoms with Crippen LogP contribution in [0.15, 0.2) is 12.3 Å². The number of aryl methyl sites for hydroxylation is 2. The van der Waals surface area contributed by atoms with Crippen molar-refractivity contribution in [3.63, 3.8) is 0 Å². The molecule has 0 amide bonds. The van der Waals surface area contributed by atoms with Gasteiger partial charge in [0.2, 0.25) is 0 Å². The summed E-state index contributed by atoms with van der Waals surface area (Å²) >= 11 is 0. The molecule has 5 nitrogen and oxygen atoms in total. The maximum Gasteiger partial charge on any atom is 0.147 e. The molecule has 1 aliphatic heterocycles. The zero-order chi connectivity index (χ0) is 17.9. The van der Waals surface area contributed by atoms with Gasteiger partial charge in [-0.3, -0.25) is 4.68 Å². The highest BCUT2D eigenvalue weighted by molar-refractivity contribution is 5.78. The standard InChI is InChI=1S/C21H27N5/c1-25-19(11-12-23-25)20-16-9-5-2-3-6-10-18(16)24-21(17(20)15-22)26-13-7-4-8-14-26/h11-12H,2-10,13-14H2,1H3. The summed E-state index contributed by atoms with van der Waals surface area (Å²) in [5.74, 6) is 0.905. The molecule has 0 saturated carbocycles. The first kappa shape index (κ1) is 17.1. The predicted octanol–water partition coefficient (Wildman–Crippen LogP) is 4.00. The fourth-order valence-electron chi connectivity index (χ4n) is 4.42. The van der Waals surface area contributed by atoms with E-state index in [0.717, 1.165) is 48.6 Å². The molecule has 0 radical (unpaired) electrons. The Morgan fingerprint density at radius 1 is 1.00 bits per heavy atom. The van der Waals surface area contributed by atoms with Crippen molar-refractivity contribution in [1.82, 2.24) is 14.8 Å². The van der Waals surface area contributed by atoms with Crippen molar-refractivity contribution < 1.29 is 0 Å². The first-order valence-corrected chi connectivity index (χ1v) is 9.99. The number of piperidine rings is 1. The van der Waals surface area contributed by atoms with E-state index in [1.807, 2.05) is 24.0 Å². The zero-order valence-corrected chi connectivity index (χ0v) is 15.7. The van der Waals surface area contributed by atoms with Crippen LogP contribution in [0.2, 0.25) is 0 Å². The van der Waals surface area contributed by atoms with E-state index in [9.17, 15) is 5.26 Å². The molecule has 1 fully saturated rings. The van der Waals surface area contributed by atoms with Crippen molar-refractivity contribution in [2.45, 2.75) is 57.8 Å². The van der Waals surface area contributed by atoms with Crippen LogP contribution in [0.4, 0.5) is 5.82 Å². The lowest BCUT2D eigenvalue weighted by atomic mass is 9.89. The van der Waals surface area contributed by atoms with Crippen LogP contribution < -0.4 is 4.90 Å². The average molecular weight is 349 g/mol. The number of hydrogen-bond donors (Lipinski definition) is 0. The molecule has 136 valence electrons. The summed E-state index contributed by atoms with van der Waals surface area (Å²) in [6.07, 6.45) is 12.4. The predicted molar refractivity (Wildman–Crippen MR) is 103 cm³/mol. The number of hydrogen-bond acceptors (Lipinski definition) is 4. The van der Waals surface area contributed by atoms with E-state index in [-0.39, 0.29) is 0 Å². The quantitative estimate of drug-likeness (QED) is 0.822. The maximum absolute atomic E-state index is 10.1. The van der Waals surface area contributed by atoms with E-state index >= 15 is 0 Å². The average Bonchev–Trinajstić information content (AvgIpc) is 3.07. The van der Waals surface area contributed by atoms with Crippen LogP contribution in [-0.4, -0.2) is 27.9 Å². The van der Waals surface area contributed by atoms with E-state index in [0.29, 0.717) is 0 Å². The van der Waals surface area contributed by atoms with E-state index in [2.05, 4.69) is 16.1 Å². The van der Waals surface area contributed by atoms with Crippen molar-refractivity contribution >= 4 is 5.82 Å². The SMILES string of the molecule is Cn1nccc1-c1c(C#N)c(N2CCCCC2)nc2c1CCCCCC2. The van der Waals surface area contributed by atoms with Gasteiger partial charge in [0.25, 0.3) is 0 Å². The molecule has 1 saturated heterocycles. The number of aromatic nitrogens is 3. The summed E-state index contributed by atoms with van der Waals surface area (Å²) in [5.41, 5.74) is 5.36. The minimum absolute atomic E-state index is 0.745. The number of fused-ring (bicyclic) bond motifs is 1. The van der Waals surface area contributed by atoms with Gasteiger partial charge in [-0.05, 0) is 56.6 Å². The summed E-state index contributed by atoms with van der Waals surface area (Å²) in [5, 5.41) is 14.5. The Morgan fingerprint density at radius 2 is 1.73 bits per heavy atom. The highest BCUT2D eigenvalue weighted by Crippen LogP contribution is 2.37. The summed E-state index contributed by atoms with van der Waals surface area (Å²) in [6, 6.07) is 4.55. The molecule has 3 heterocycles. The monoisotopic (exact) mass is 349 g/mol. The van der Waals surface area contributed by atoms with Gasteiger partial charge in [-0.25, -0.2) is 4.98 Å². The van der Waals surface area contributed by atoms with Gasteiger partial charge in [-0.1, -0.05) is 12.8 Å². The first-order valence-electron chi connectivity index (χ1n) is 9.99. The molecule has 1 aliphatic carbocycles. The second-order valence-electron chi connectivity index (χ2n) is 7.52. The van der Waals surface area contributed by atoms with Crippen LogP contribution in [0, 0.1) is 11.3 Å². The van der Waals surface area contributed by atoms with Crippen LogP contribution in [0.5, 0.6) is 0 Å². The number of anilines is 1. The van der Waals surface area contributed by atoms with E-state index < -0.39 is 0 Å². The highest BCUT2D eigenvalue weighted by Gasteiger charge is 2.26. The third-order valence-electron chi connectivity index (χ3n) is 5.80. The third-order valence-corrected chi connectivity index (χ3v) is 5.80. The van der Waals surface area contributed by atoms with Gasteiger partial charge in [0.15, 0.2) is 0 Å². The van der Waals surface area contributed by atoms with Gasteiger partial charge < -0.3 is 4.90 Å². The Kier molecular flexibility index (Phi) is 4.92. The largest absolute Gasteiger partial charge is 0.355 e. The van der Waals surface area contributed by atoms with Crippen LogP contribution >= 0.6 is 0 Å². The topological polar surface area (TPSA) is 57.7 Å². The number of nitriles is 1. The van der Waals surface area contributed by atoms with Gasteiger partial charge in [-0.15, -0.1) is 0 Å². The number of pyridine rings is 1. The molecule has 0 atom stereocenters. The lowest BCUT2D eigenvalue weighted by Gasteiger charge is -2.31. The van der Waals surface area contributed by atoms with Gasteiger partial charge in [0.1, 0.15) is 17.5 Å². The summed E-state index contributed by atoms with van der Waals surface area (Å²) in [4.78, 5) is 7.42. The second kappa shape index (κ2) is 7.49. The molecular formula is C21H27N5. The van der Waals surface area contributed by atoms with Crippen molar-refractivity contribution in [3.8, 4) is 17.3 Å². The molecule has 26 heavy (non-hydrogen) atoms. The highest BCUT2D eigenvalue weighted by atomic mass is 15.3. The Hall–Kier alpha value is -2.35. The van der Waals surface area contributed by atoms with Crippen LogP contribution in [0.1, 0.15) is 61.8 Å². The fourth-order valence-corrected chi connectivity index (χ4v) is 4.42. The molecule has 2 aromatic heterocycles. The Morgan fingerprint density at radius 3 is 2.42 bits per heavy atom. The van der Waals surface area contributed by atoms with Crippen molar-refractivity contribution in [3.05, 3.63) is 29.1 Å². The molecule has 0 aromatic carbocycles. The lowest BCUT2D eigenvalue weighted by molar-refractivity contribution is 0.569. The molecule has 0 spiro atoms. The molecule has 2 aromatic rings. The molecule has 4 rings (SSSR count). The fraction of sp³-hybridized carbons (Fsp3) is 0.571. The minimum atomic E-state index is 0.745. The van der Waals surface area contributed by atoms with E-state index in [1.165, 1.54) is 56.2 Å². The van der Waals surface area contributed by atoms with Crippen LogP contribution in [-0.2, 0) is 19.9 Å². The Bertz CT molecular complexity index is 824. The molecule has 5 heteroatoms. The van der Waals surface area contributed by atoms with E-state index in [4.69, 9.17) is 4.98 Å². The smallest absolute Gasteiger partial charge is 0.147 e. The third kappa shape index (κ3) is 3.09. The zero-order valence-electron chi connectivity index (χ0n) is 15.7. The van der Waals surface area contributed by atoms with Gasteiger partial charge in [-0.2, -0.15) is 10.4 Å². The second-order valence-corrected chi connectivity index (χ2v) is 7.52. The van der Waals surface area contributed by atoms with E-state index in [1.54, 1.807) is 0 Å². The van der Waals surface area contributed by atoms with Gasteiger partial charge in [0, 0.05) is 37.6 Å². The van der Waals surface area contributed by atoms with Crippen LogP contribution in [0.25, 0.3) is 11.3 Å². The minimum Gasteiger partial charge on any atom is -0.355 e. The maximum atomic E-state index is 10.1. The number of rotatable bonds is 2.